The van der Waals surface area contributed by atoms with Gasteiger partial charge in [0.1, 0.15) is 6.61 Å². The number of nitrogens with one attached hydrogen (secondary N) is 1. The second-order valence-corrected chi connectivity index (χ2v) is 4.95. The van der Waals surface area contributed by atoms with Crippen LogP contribution >= 0.6 is 0 Å². The van der Waals surface area contributed by atoms with Gasteiger partial charge in [-0.2, -0.15) is 13.2 Å². The lowest BCUT2D eigenvalue weighted by Crippen LogP contribution is -2.19. The number of ether oxygens (including phenoxy) is 1. The van der Waals surface area contributed by atoms with Crippen LogP contribution in [0.1, 0.15) is 25.0 Å². The molecule has 0 saturated heterocycles. The highest BCUT2D eigenvalue weighted by Gasteiger charge is 2.27. The van der Waals surface area contributed by atoms with Gasteiger partial charge in [0.2, 0.25) is 0 Å². The summed E-state index contributed by atoms with van der Waals surface area (Å²) < 4.78 is 40.3. The van der Waals surface area contributed by atoms with E-state index in [4.69, 9.17) is 0 Å². The summed E-state index contributed by atoms with van der Waals surface area (Å²) >= 11 is 0. The van der Waals surface area contributed by atoms with Crippen LogP contribution in [0, 0.1) is 5.92 Å². The number of benzene rings is 1. The molecule has 0 fully saturated rings. The largest absolute Gasteiger partial charge is 0.411 e. The molecule has 0 saturated carbocycles. The maximum atomic E-state index is 11.9. The van der Waals surface area contributed by atoms with Crippen molar-refractivity contribution < 1.29 is 17.9 Å². The van der Waals surface area contributed by atoms with Crippen LogP contribution in [0.4, 0.5) is 13.2 Å². The van der Waals surface area contributed by atoms with Gasteiger partial charge in [-0.1, -0.05) is 38.1 Å². The van der Waals surface area contributed by atoms with E-state index in [1.165, 1.54) is 0 Å². The molecule has 0 aliphatic rings. The number of hydrogen-bond acceptors (Lipinski definition) is 2. The maximum absolute atomic E-state index is 11.9. The molecular formula is C14H20F3NO. The van der Waals surface area contributed by atoms with Crippen LogP contribution in [0.2, 0.25) is 0 Å². The molecule has 0 radical (unpaired) electrons. The fourth-order valence-electron chi connectivity index (χ4n) is 1.54. The van der Waals surface area contributed by atoms with Crippen LogP contribution in [0.25, 0.3) is 0 Å². The maximum Gasteiger partial charge on any atom is 0.411 e. The monoisotopic (exact) mass is 275 g/mol. The highest BCUT2D eigenvalue weighted by molar-refractivity contribution is 5.21. The zero-order chi connectivity index (χ0) is 14.3. The van der Waals surface area contributed by atoms with E-state index >= 15 is 0 Å². The van der Waals surface area contributed by atoms with Crippen LogP contribution in [-0.4, -0.2) is 19.3 Å². The highest BCUT2D eigenvalue weighted by atomic mass is 19.4. The van der Waals surface area contributed by atoms with E-state index in [2.05, 4.69) is 23.9 Å². The standard InChI is InChI=1S/C14H20F3NO/c1-11(2)7-18-8-12-3-5-13(6-4-12)9-19-10-14(15,16)17/h3-6,11,18H,7-10H2,1-2H3. The first-order chi connectivity index (χ1) is 8.87. The molecule has 0 atom stereocenters. The van der Waals surface area contributed by atoms with Crippen molar-refractivity contribution in [2.75, 3.05) is 13.2 Å². The Morgan fingerprint density at radius 1 is 1.11 bits per heavy atom. The number of halogens is 3. The molecule has 1 N–H and O–H groups in total. The van der Waals surface area contributed by atoms with Crippen molar-refractivity contribution in [2.24, 2.45) is 5.92 Å². The van der Waals surface area contributed by atoms with Crippen molar-refractivity contribution in [3.8, 4) is 0 Å². The number of rotatable bonds is 7. The average molecular weight is 275 g/mol. The third-order valence-corrected chi connectivity index (χ3v) is 2.44. The minimum atomic E-state index is -4.26. The summed E-state index contributed by atoms with van der Waals surface area (Å²) in [4.78, 5) is 0. The molecule has 0 unspecified atom stereocenters. The van der Waals surface area contributed by atoms with Crippen molar-refractivity contribution in [3.05, 3.63) is 35.4 Å². The minimum Gasteiger partial charge on any atom is -0.367 e. The van der Waals surface area contributed by atoms with E-state index < -0.39 is 12.8 Å². The van der Waals surface area contributed by atoms with Crippen LogP contribution in [0.5, 0.6) is 0 Å². The normalized spacial score (nSPS) is 12.1. The van der Waals surface area contributed by atoms with Crippen molar-refractivity contribution in [1.82, 2.24) is 5.32 Å². The van der Waals surface area contributed by atoms with E-state index in [0.29, 0.717) is 5.92 Å². The third kappa shape index (κ3) is 7.85. The predicted octanol–water partition coefficient (Wildman–Crippen LogP) is 3.51. The van der Waals surface area contributed by atoms with Crippen LogP contribution in [-0.2, 0) is 17.9 Å². The molecule has 108 valence electrons. The molecule has 19 heavy (non-hydrogen) atoms. The topological polar surface area (TPSA) is 21.3 Å². The summed E-state index contributed by atoms with van der Waals surface area (Å²) in [6.45, 7) is 4.75. The second kappa shape index (κ2) is 7.50. The molecule has 0 aliphatic heterocycles. The smallest absolute Gasteiger partial charge is 0.367 e. The molecule has 1 aromatic carbocycles. The molecule has 1 aromatic rings. The second-order valence-electron chi connectivity index (χ2n) is 4.95. The first-order valence-electron chi connectivity index (χ1n) is 6.30. The molecule has 5 heteroatoms. The van der Waals surface area contributed by atoms with Gasteiger partial charge in [-0.15, -0.1) is 0 Å². The molecule has 0 spiro atoms. The highest BCUT2D eigenvalue weighted by Crippen LogP contribution is 2.15. The van der Waals surface area contributed by atoms with Crippen molar-refractivity contribution in [3.63, 3.8) is 0 Å². The predicted molar refractivity (Wildman–Crippen MR) is 68.7 cm³/mol. The van der Waals surface area contributed by atoms with Gasteiger partial charge >= 0.3 is 6.18 Å². The van der Waals surface area contributed by atoms with Gasteiger partial charge in [0.05, 0.1) is 6.61 Å². The summed E-state index contributed by atoms with van der Waals surface area (Å²) in [7, 11) is 0. The van der Waals surface area contributed by atoms with Gasteiger partial charge in [-0.25, -0.2) is 0 Å². The summed E-state index contributed by atoms with van der Waals surface area (Å²) in [6, 6.07) is 7.39. The SMILES string of the molecule is CC(C)CNCc1ccc(COCC(F)(F)F)cc1. The van der Waals surface area contributed by atoms with E-state index in [0.717, 1.165) is 24.2 Å². The molecule has 1 rings (SSSR count). The molecule has 2 nitrogen and oxygen atoms in total. The van der Waals surface area contributed by atoms with Gasteiger partial charge < -0.3 is 10.1 Å². The summed E-state index contributed by atoms with van der Waals surface area (Å²) in [5, 5.41) is 3.30. The fourth-order valence-corrected chi connectivity index (χ4v) is 1.54. The van der Waals surface area contributed by atoms with Crippen LogP contribution in [0.3, 0.4) is 0 Å². The number of alkyl halides is 3. The van der Waals surface area contributed by atoms with E-state index in [1.54, 1.807) is 12.1 Å². The Bertz CT molecular complexity index is 360. The van der Waals surface area contributed by atoms with Crippen molar-refractivity contribution >= 4 is 0 Å². The van der Waals surface area contributed by atoms with E-state index in [9.17, 15) is 13.2 Å². The average Bonchev–Trinajstić information content (AvgIpc) is 2.29. The van der Waals surface area contributed by atoms with E-state index in [1.807, 2.05) is 12.1 Å². The Labute approximate surface area is 112 Å². The molecular weight excluding hydrogens is 255 g/mol. The molecule has 0 amide bonds. The van der Waals surface area contributed by atoms with Crippen molar-refractivity contribution in [2.45, 2.75) is 33.2 Å². The van der Waals surface area contributed by atoms with Gasteiger partial charge in [0.15, 0.2) is 0 Å². The number of hydrogen-bond donors (Lipinski definition) is 1. The summed E-state index contributed by atoms with van der Waals surface area (Å²) in [5.74, 6) is 0.593. The van der Waals surface area contributed by atoms with Gasteiger partial charge in [-0.3, -0.25) is 0 Å². The Morgan fingerprint density at radius 3 is 2.21 bits per heavy atom. The van der Waals surface area contributed by atoms with Crippen LogP contribution < -0.4 is 5.32 Å². The quantitative estimate of drug-likeness (QED) is 0.822. The summed E-state index contributed by atoms with van der Waals surface area (Å²) in [6.07, 6.45) is -4.26. The zero-order valence-electron chi connectivity index (χ0n) is 11.3. The minimum absolute atomic E-state index is 0.0147. The van der Waals surface area contributed by atoms with E-state index in [-0.39, 0.29) is 6.61 Å². The Hall–Kier alpha value is -1.07. The van der Waals surface area contributed by atoms with Gasteiger partial charge in [0, 0.05) is 6.54 Å². The summed E-state index contributed by atoms with van der Waals surface area (Å²) in [5.41, 5.74) is 1.86. The Morgan fingerprint density at radius 2 is 1.68 bits per heavy atom. The lowest BCUT2D eigenvalue weighted by atomic mass is 10.1. The van der Waals surface area contributed by atoms with Gasteiger partial charge in [-0.05, 0) is 23.6 Å². The van der Waals surface area contributed by atoms with Gasteiger partial charge in [0.25, 0.3) is 0 Å². The lowest BCUT2D eigenvalue weighted by Gasteiger charge is -2.09. The molecule has 0 aromatic heterocycles. The Kier molecular flexibility index (Phi) is 6.31. The molecule has 0 bridgehead atoms. The lowest BCUT2D eigenvalue weighted by molar-refractivity contribution is -0.176. The Balaban J connectivity index is 2.31. The molecule has 0 heterocycles. The third-order valence-electron chi connectivity index (χ3n) is 2.44. The van der Waals surface area contributed by atoms with Crippen LogP contribution in [0.15, 0.2) is 24.3 Å². The van der Waals surface area contributed by atoms with Crippen molar-refractivity contribution in [1.29, 1.82) is 0 Å². The molecule has 0 aliphatic carbocycles. The fraction of sp³-hybridized carbons (Fsp3) is 0.571. The first kappa shape index (κ1) is 16.0. The first-order valence-corrected chi connectivity index (χ1v) is 6.30. The zero-order valence-corrected chi connectivity index (χ0v) is 11.3.